The maximum absolute atomic E-state index is 13.4. The Morgan fingerprint density at radius 3 is 2.54 bits per heavy atom. The van der Waals surface area contributed by atoms with Crippen LogP contribution in [0.2, 0.25) is 5.02 Å². The molecular formula is C20H12ClFN2O2S2. The topological polar surface area (TPSA) is 59.1 Å². The molecule has 0 saturated heterocycles. The van der Waals surface area contributed by atoms with E-state index in [0.717, 1.165) is 28.2 Å². The maximum Gasteiger partial charge on any atom is 0.269 e. The minimum atomic E-state index is -0.449. The first-order valence-electron chi connectivity index (χ1n) is 8.20. The van der Waals surface area contributed by atoms with Gasteiger partial charge in [0.1, 0.15) is 10.7 Å². The number of thiophene rings is 1. The highest BCUT2D eigenvalue weighted by Crippen LogP contribution is 2.37. The smallest absolute Gasteiger partial charge is 0.269 e. The number of fused-ring (bicyclic) bond motifs is 1. The minimum Gasteiger partial charge on any atom is -0.297 e. The Balaban J connectivity index is 1.69. The number of nitrogens with zero attached hydrogens (tertiary/aromatic N) is 1. The number of halogens is 2. The first-order valence-corrected chi connectivity index (χ1v) is 10.2. The standard InChI is InChI=1S/C20H12ClFN2O2S2/c1-10(25)17-16(11-5-3-2-4-6-11)23-20(28-17)24-19(26)18-15(21)13-8-7-12(22)9-14(13)27-18/h2-9H,1H3,(H,23,24,26). The number of anilines is 1. The summed E-state index contributed by atoms with van der Waals surface area (Å²) in [5.41, 5.74) is 1.32. The van der Waals surface area contributed by atoms with Gasteiger partial charge in [-0.2, -0.15) is 0 Å². The van der Waals surface area contributed by atoms with Crippen molar-refractivity contribution in [3.8, 4) is 11.3 Å². The number of carbonyl (C=O) groups excluding carboxylic acids is 2. The summed E-state index contributed by atoms with van der Waals surface area (Å²) < 4.78 is 14.0. The van der Waals surface area contributed by atoms with Crippen LogP contribution in [0.5, 0.6) is 0 Å². The number of rotatable bonds is 4. The van der Waals surface area contributed by atoms with Gasteiger partial charge < -0.3 is 0 Å². The average Bonchev–Trinajstić information content (AvgIpc) is 3.24. The third-order valence-corrected chi connectivity index (χ3v) is 6.74. The first kappa shape index (κ1) is 18.7. The van der Waals surface area contributed by atoms with Crippen molar-refractivity contribution in [1.29, 1.82) is 0 Å². The molecule has 0 radical (unpaired) electrons. The van der Waals surface area contributed by atoms with Crippen molar-refractivity contribution in [2.45, 2.75) is 6.92 Å². The van der Waals surface area contributed by atoms with Crippen LogP contribution in [0.15, 0.2) is 48.5 Å². The number of Topliss-reactive ketones (excluding diaryl/α,β-unsaturated/α-hetero) is 1. The van der Waals surface area contributed by atoms with E-state index in [9.17, 15) is 14.0 Å². The summed E-state index contributed by atoms with van der Waals surface area (Å²) in [7, 11) is 0. The van der Waals surface area contributed by atoms with Gasteiger partial charge in [-0.05, 0) is 18.2 Å². The number of amides is 1. The Morgan fingerprint density at radius 1 is 1.07 bits per heavy atom. The molecule has 0 unspecified atom stereocenters. The fourth-order valence-corrected chi connectivity index (χ4v) is 5.06. The van der Waals surface area contributed by atoms with Crippen LogP contribution in [0.4, 0.5) is 9.52 Å². The van der Waals surface area contributed by atoms with Crippen molar-refractivity contribution in [3.63, 3.8) is 0 Å². The number of hydrogen-bond donors (Lipinski definition) is 1. The van der Waals surface area contributed by atoms with E-state index < -0.39 is 11.7 Å². The van der Waals surface area contributed by atoms with Gasteiger partial charge in [-0.15, -0.1) is 11.3 Å². The molecule has 4 rings (SSSR count). The molecular weight excluding hydrogens is 419 g/mol. The van der Waals surface area contributed by atoms with Crippen LogP contribution in [0.1, 0.15) is 26.3 Å². The zero-order valence-electron chi connectivity index (χ0n) is 14.5. The zero-order valence-corrected chi connectivity index (χ0v) is 16.8. The predicted octanol–water partition coefficient (Wildman–Crippen LogP) is 6.27. The molecule has 0 aliphatic rings. The van der Waals surface area contributed by atoms with Crippen LogP contribution < -0.4 is 5.32 Å². The molecule has 0 bridgehead atoms. The van der Waals surface area contributed by atoms with E-state index in [1.165, 1.54) is 19.1 Å². The largest absolute Gasteiger partial charge is 0.297 e. The minimum absolute atomic E-state index is 0.132. The Kier molecular flexibility index (Phi) is 4.97. The molecule has 0 atom stereocenters. The van der Waals surface area contributed by atoms with Crippen LogP contribution >= 0.6 is 34.3 Å². The van der Waals surface area contributed by atoms with Crippen molar-refractivity contribution < 1.29 is 14.0 Å². The maximum atomic E-state index is 13.4. The number of aromatic nitrogens is 1. The van der Waals surface area contributed by atoms with Crippen molar-refractivity contribution >= 4 is 61.2 Å². The molecule has 8 heteroatoms. The summed E-state index contributed by atoms with van der Waals surface area (Å²) in [5.74, 6) is -0.974. The Morgan fingerprint density at radius 2 is 1.82 bits per heavy atom. The molecule has 2 heterocycles. The average molecular weight is 431 g/mol. The number of hydrogen-bond acceptors (Lipinski definition) is 5. The van der Waals surface area contributed by atoms with E-state index >= 15 is 0 Å². The van der Waals surface area contributed by atoms with E-state index in [1.807, 2.05) is 30.3 Å². The lowest BCUT2D eigenvalue weighted by molar-refractivity contribution is 0.101. The molecule has 1 N–H and O–H groups in total. The zero-order chi connectivity index (χ0) is 19.8. The van der Waals surface area contributed by atoms with Gasteiger partial charge >= 0.3 is 0 Å². The molecule has 1 amide bonds. The van der Waals surface area contributed by atoms with Gasteiger partial charge in [0.2, 0.25) is 0 Å². The number of carbonyl (C=O) groups is 2. The van der Waals surface area contributed by atoms with Crippen LogP contribution in [-0.4, -0.2) is 16.7 Å². The van der Waals surface area contributed by atoms with Crippen molar-refractivity contribution in [1.82, 2.24) is 4.98 Å². The summed E-state index contributed by atoms with van der Waals surface area (Å²) >= 11 is 8.52. The summed E-state index contributed by atoms with van der Waals surface area (Å²) in [6.07, 6.45) is 0. The van der Waals surface area contributed by atoms with E-state index in [2.05, 4.69) is 10.3 Å². The lowest BCUT2D eigenvalue weighted by Crippen LogP contribution is -2.10. The summed E-state index contributed by atoms with van der Waals surface area (Å²) in [5, 5.41) is 3.89. The Labute approximate surface area is 172 Å². The normalized spacial score (nSPS) is 11.0. The van der Waals surface area contributed by atoms with Crippen molar-refractivity contribution in [2.75, 3.05) is 5.32 Å². The summed E-state index contributed by atoms with van der Waals surface area (Å²) in [6.45, 7) is 1.46. The third-order valence-electron chi connectivity index (χ3n) is 4.01. The number of nitrogens with one attached hydrogen (secondary N) is 1. The van der Waals surface area contributed by atoms with Gasteiger partial charge in [0.25, 0.3) is 5.91 Å². The molecule has 0 fully saturated rings. The molecule has 2 aromatic carbocycles. The van der Waals surface area contributed by atoms with Gasteiger partial charge in [-0.25, -0.2) is 9.37 Å². The third kappa shape index (κ3) is 3.44. The number of benzene rings is 2. The van der Waals surface area contributed by atoms with Crippen LogP contribution in [-0.2, 0) is 0 Å². The molecule has 4 nitrogen and oxygen atoms in total. The predicted molar refractivity (Wildman–Crippen MR) is 112 cm³/mol. The van der Waals surface area contributed by atoms with E-state index in [4.69, 9.17) is 11.6 Å². The quantitative estimate of drug-likeness (QED) is 0.388. The molecule has 0 aliphatic carbocycles. The lowest BCUT2D eigenvalue weighted by Gasteiger charge is -1.99. The van der Waals surface area contributed by atoms with Gasteiger partial charge in [0.15, 0.2) is 10.9 Å². The lowest BCUT2D eigenvalue weighted by atomic mass is 10.1. The number of ketones is 1. The van der Waals surface area contributed by atoms with Crippen molar-refractivity contribution in [2.24, 2.45) is 0 Å². The summed E-state index contributed by atoms with van der Waals surface area (Å²) in [4.78, 5) is 29.9. The second-order valence-electron chi connectivity index (χ2n) is 5.96. The van der Waals surface area contributed by atoms with Gasteiger partial charge in [0.05, 0.1) is 15.6 Å². The van der Waals surface area contributed by atoms with Gasteiger partial charge in [-0.1, -0.05) is 53.3 Å². The molecule has 2 aromatic heterocycles. The first-order chi connectivity index (χ1) is 13.4. The van der Waals surface area contributed by atoms with Crippen LogP contribution in [0.3, 0.4) is 0 Å². The molecule has 28 heavy (non-hydrogen) atoms. The van der Waals surface area contributed by atoms with Crippen molar-refractivity contribution in [3.05, 3.63) is 69.1 Å². The molecule has 0 spiro atoms. The Hall–Kier alpha value is -2.61. The van der Waals surface area contributed by atoms with Crippen LogP contribution in [0.25, 0.3) is 21.3 Å². The molecule has 0 saturated carbocycles. The highest BCUT2D eigenvalue weighted by Gasteiger charge is 2.21. The fraction of sp³-hybridized carbons (Fsp3) is 0.0500. The SMILES string of the molecule is CC(=O)c1sc(NC(=O)c2sc3cc(F)ccc3c2Cl)nc1-c1ccccc1. The highest BCUT2D eigenvalue weighted by molar-refractivity contribution is 7.22. The van der Waals surface area contributed by atoms with E-state index in [1.54, 1.807) is 6.07 Å². The second-order valence-corrected chi connectivity index (χ2v) is 8.39. The molecule has 0 aliphatic heterocycles. The highest BCUT2D eigenvalue weighted by atomic mass is 35.5. The van der Waals surface area contributed by atoms with E-state index in [-0.39, 0.29) is 15.7 Å². The Bertz CT molecular complexity index is 1220. The summed E-state index contributed by atoms with van der Waals surface area (Å²) in [6, 6.07) is 13.5. The second kappa shape index (κ2) is 7.43. The monoisotopic (exact) mass is 430 g/mol. The molecule has 4 aromatic rings. The fourth-order valence-electron chi connectivity index (χ4n) is 2.74. The van der Waals surface area contributed by atoms with Crippen LogP contribution in [0, 0.1) is 5.82 Å². The van der Waals surface area contributed by atoms with E-state index in [0.29, 0.717) is 25.8 Å². The number of thiazole rings is 1. The molecule has 140 valence electrons. The van der Waals surface area contributed by atoms with Gasteiger partial charge in [0, 0.05) is 22.6 Å². The van der Waals surface area contributed by atoms with Gasteiger partial charge in [-0.3, -0.25) is 14.9 Å².